The number of para-hydroxylation sites is 1. The van der Waals surface area contributed by atoms with Crippen LogP contribution >= 0.6 is 15.9 Å². The number of amides is 1. The highest BCUT2D eigenvalue weighted by Crippen LogP contribution is 2.22. The molecule has 140 valence electrons. The summed E-state index contributed by atoms with van der Waals surface area (Å²) in [5, 5.41) is 6.29. The molecule has 0 saturated carbocycles. The number of nitrogens with zero attached hydrogens (tertiary/aromatic N) is 2. The van der Waals surface area contributed by atoms with Crippen molar-refractivity contribution in [3.8, 4) is 0 Å². The van der Waals surface area contributed by atoms with Crippen LogP contribution in [-0.4, -0.2) is 15.3 Å². The standard InChI is InChI=1S/C22H19BrN4O/c1-14-12-16(23)13-27-20(15(2)24-21(14)27)22(28)26-19-10-8-18(9-11-19)25-17-6-4-3-5-7-17/h3-13,25H,1-2H3,(H,26,28). The molecule has 6 heteroatoms. The first-order valence-corrected chi connectivity index (χ1v) is 9.69. The van der Waals surface area contributed by atoms with Crippen molar-refractivity contribution in [1.82, 2.24) is 9.38 Å². The van der Waals surface area contributed by atoms with Crippen molar-refractivity contribution >= 4 is 44.5 Å². The highest BCUT2D eigenvalue weighted by molar-refractivity contribution is 9.10. The Bertz CT molecular complexity index is 1150. The number of hydrogen-bond acceptors (Lipinski definition) is 3. The van der Waals surface area contributed by atoms with Gasteiger partial charge >= 0.3 is 0 Å². The van der Waals surface area contributed by atoms with Crippen molar-refractivity contribution in [2.24, 2.45) is 0 Å². The van der Waals surface area contributed by atoms with E-state index in [4.69, 9.17) is 0 Å². The van der Waals surface area contributed by atoms with Crippen LogP contribution in [0.5, 0.6) is 0 Å². The second-order valence-corrected chi connectivity index (χ2v) is 7.52. The molecule has 5 nitrogen and oxygen atoms in total. The molecule has 4 aromatic rings. The summed E-state index contributed by atoms with van der Waals surface area (Å²) in [6, 6.07) is 19.6. The molecule has 2 aromatic heterocycles. The van der Waals surface area contributed by atoms with Crippen molar-refractivity contribution in [3.63, 3.8) is 0 Å². The van der Waals surface area contributed by atoms with E-state index in [9.17, 15) is 4.79 Å². The molecular formula is C22H19BrN4O. The summed E-state index contributed by atoms with van der Waals surface area (Å²) in [7, 11) is 0. The number of pyridine rings is 1. The Hall–Kier alpha value is -3.12. The molecule has 0 saturated heterocycles. The van der Waals surface area contributed by atoms with E-state index >= 15 is 0 Å². The number of rotatable bonds is 4. The van der Waals surface area contributed by atoms with Crippen LogP contribution in [0, 0.1) is 13.8 Å². The highest BCUT2D eigenvalue weighted by atomic mass is 79.9. The van der Waals surface area contributed by atoms with Crippen molar-refractivity contribution in [3.05, 3.63) is 88.3 Å². The van der Waals surface area contributed by atoms with E-state index in [1.165, 1.54) is 0 Å². The van der Waals surface area contributed by atoms with E-state index in [1.54, 1.807) is 0 Å². The lowest BCUT2D eigenvalue weighted by atomic mass is 10.2. The van der Waals surface area contributed by atoms with Crippen LogP contribution in [0.2, 0.25) is 0 Å². The molecule has 28 heavy (non-hydrogen) atoms. The second kappa shape index (κ2) is 7.48. The first-order valence-electron chi connectivity index (χ1n) is 8.89. The third-order valence-electron chi connectivity index (χ3n) is 4.47. The van der Waals surface area contributed by atoms with Crippen molar-refractivity contribution in [1.29, 1.82) is 0 Å². The van der Waals surface area contributed by atoms with Gasteiger partial charge in [0.2, 0.25) is 0 Å². The van der Waals surface area contributed by atoms with Gasteiger partial charge in [-0.25, -0.2) is 4.98 Å². The highest BCUT2D eigenvalue weighted by Gasteiger charge is 2.18. The van der Waals surface area contributed by atoms with E-state index in [-0.39, 0.29) is 5.91 Å². The Balaban J connectivity index is 1.56. The van der Waals surface area contributed by atoms with Crippen molar-refractivity contribution in [2.75, 3.05) is 10.6 Å². The molecular weight excluding hydrogens is 416 g/mol. The van der Waals surface area contributed by atoms with Gasteiger partial charge in [-0.2, -0.15) is 0 Å². The van der Waals surface area contributed by atoms with Gasteiger partial charge in [-0.05, 0) is 77.8 Å². The molecule has 2 aromatic carbocycles. The molecule has 0 radical (unpaired) electrons. The summed E-state index contributed by atoms with van der Waals surface area (Å²) in [6.07, 6.45) is 1.87. The zero-order valence-corrected chi connectivity index (χ0v) is 17.1. The Morgan fingerprint density at radius 2 is 1.61 bits per heavy atom. The number of fused-ring (bicyclic) bond motifs is 1. The molecule has 0 spiro atoms. The fourth-order valence-corrected chi connectivity index (χ4v) is 3.72. The Morgan fingerprint density at radius 1 is 0.964 bits per heavy atom. The summed E-state index contributed by atoms with van der Waals surface area (Å²) in [6.45, 7) is 3.83. The quantitative estimate of drug-likeness (QED) is 0.432. The number of anilines is 3. The SMILES string of the molecule is Cc1nc2c(C)cc(Br)cn2c1C(=O)Nc1ccc(Nc2ccccc2)cc1. The van der Waals surface area contributed by atoms with E-state index in [0.29, 0.717) is 11.4 Å². The number of aromatic nitrogens is 2. The zero-order chi connectivity index (χ0) is 19.7. The summed E-state index contributed by atoms with van der Waals surface area (Å²) < 4.78 is 2.73. The molecule has 0 bridgehead atoms. The number of imidazole rings is 1. The van der Waals surface area contributed by atoms with Crippen LogP contribution in [0.1, 0.15) is 21.7 Å². The summed E-state index contributed by atoms with van der Waals surface area (Å²) >= 11 is 3.49. The average molecular weight is 435 g/mol. The first-order chi connectivity index (χ1) is 13.5. The number of nitrogens with one attached hydrogen (secondary N) is 2. The van der Waals surface area contributed by atoms with Crippen LogP contribution in [0.3, 0.4) is 0 Å². The number of aryl methyl sites for hydroxylation is 2. The Morgan fingerprint density at radius 3 is 2.32 bits per heavy atom. The summed E-state index contributed by atoms with van der Waals surface area (Å²) in [5.41, 5.74) is 5.72. The first kappa shape index (κ1) is 18.3. The molecule has 2 heterocycles. The fourth-order valence-electron chi connectivity index (χ4n) is 3.17. The lowest BCUT2D eigenvalue weighted by molar-refractivity contribution is 0.102. The van der Waals surface area contributed by atoms with Gasteiger partial charge in [0, 0.05) is 27.7 Å². The van der Waals surface area contributed by atoms with E-state index < -0.39 is 0 Å². The maximum absolute atomic E-state index is 12.9. The van der Waals surface area contributed by atoms with Gasteiger partial charge < -0.3 is 10.6 Å². The fraction of sp³-hybridized carbons (Fsp3) is 0.0909. The minimum absolute atomic E-state index is 0.189. The van der Waals surface area contributed by atoms with Crippen LogP contribution in [0.4, 0.5) is 17.1 Å². The van der Waals surface area contributed by atoms with Gasteiger partial charge in [-0.15, -0.1) is 0 Å². The lowest BCUT2D eigenvalue weighted by Gasteiger charge is -2.09. The van der Waals surface area contributed by atoms with Gasteiger partial charge in [0.05, 0.1) is 5.69 Å². The van der Waals surface area contributed by atoms with Gasteiger partial charge in [-0.1, -0.05) is 18.2 Å². The number of halogens is 1. The van der Waals surface area contributed by atoms with E-state index in [0.717, 1.165) is 32.7 Å². The smallest absolute Gasteiger partial charge is 0.274 e. The predicted octanol–water partition coefficient (Wildman–Crippen LogP) is 5.71. The predicted molar refractivity (Wildman–Crippen MR) is 116 cm³/mol. The summed E-state index contributed by atoms with van der Waals surface area (Å²) in [4.78, 5) is 17.5. The topological polar surface area (TPSA) is 58.4 Å². The number of hydrogen-bond donors (Lipinski definition) is 2. The molecule has 1 amide bonds. The Labute approximate surface area is 171 Å². The van der Waals surface area contributed by atoms with Crippen LogP contribution in [-0.2, 0) is 0 Å². The van der Waals surface area contributed by atoms with Gasteiger partial charge in [0.1, 0.15) is 11.3 Å². The van der Waals surface area contributed by atoms with Crippen molar-refractivity contribution < 1.29 is 4.79 Å². The van der Waals surface area contributed by atoms with Crippen LogP contribution in [0.25, 0.3) is 5.65 Å². The molecule has 0 fully saturated rings. The third kappa shape index (κ3) is 3.64. The Kier molecular flexibility index (Phi) is 4.88. The van der Waals surface area contributed by atoms with E-state index in [2.05, 4.69) is 31.5 Å². The maximum atomic E-state index is 12.9. The summed E-state index contributed by atoms with van der Waals surface area (Å²) in [5.74, 6) is -0.189. The van der Waals surface area contributed by atoms with Crippen LogP contribution < -0.4 is 10.6 Å². The molecule has 0 aliphatic carbocycles. The molecule has 0 atom stereocenters. The van der Waals surface area contributed by atoms with Crippen LogP contribution in [0.15, 0.2) is 71.3 Å². The molecule has 2 N–H and O–H groups in total. The molecule has 4 rings (SSSR count). The molecule has 0 unspecified atom stereocenters. The number of carbonyl (C=O) groups excluding carboxylic acids is 1. The van der Waals surface area contributed by atoms with E-state index in [1.807, 2.05) is 85.1 Å². The monoisotopic (exact) mass is 434 g/mol. The maximum Gasteiger partial charge on any atom is 0.274 e. The van der Waals surface area contributed by atoms with Crippen molar-refractivity contribution in [2.45, 2.75) is 13.8 Å². The number of carbonyl (C=O) groups is 1. The average Bonchev–Trinajstić information content (AvgIpc) is 3.00. The lowest BCUT2D eigenvalue weighted by Crippen LogP contribution is -2.15. The minimum Gasteiger partial charge on any atom is -0.356 e. The largest absolute Gasteiger partial charge is 0.356 e. The van der Waals surface area contributed by atoms with Gasteiger partial charge in [-0.3, -0.25) is 9.20 Å². The second-order valence-electron chi connectivity index (χ2n) is 6.60. The van der Waals surface area contributed by atoms with Gasteiger partial charge in [0.25, 0.3) is 5.91 Å². The number of benzene rings is 2. The molecule has 0 aliphatic rings. The normalized spacial score (nSPS) is 10.8. The van der Waals surface area contributed by atoms with Gasteiger partial charge in [0.15, 0.2) is 0 Å². The minimum atomic E-state index is -0.189. The molecule has 0 aliphatic heterocycles. The third-order valence-corrected chi connectivity index (χ3v) is 4.90. The zero-order valence-electron chi connectivity index (χ0n) is 15.5.